The van der Waals surface area contributed by atoms with E-state index in [-0.39, 0.29) is 6.03 Å². The predicted molar refractivity (Wildman–Crippen MR) is 79.3 cm³/mol. The van der Waals surface area contributed by atoms with Crippen molar-refractivity contribution in [2.75, 3.05) is 5.32 Å². The van der Waals surface area contributed by atoms with Gasteiger partial charge in [-0.15, -0.1) is 11.3 Å². The number of hydrogen-bond acceptors (Lipinski definition) is 5. The van der Waals surface area contributed by atoms with Crippen LogP contribution < -0.4 is 10.6 Å². The van der Waals surface area contributed by atoms with E-state index >= 15 is 0 Å². The minimum Gasteiger partial charge on any atom is -0.334 e. The van der Waals surface area contributed by atoms with Gasteiger partial charge in [0.1, 0.15) is 12.1 Å². The van der Waals surface area contributed by atoms with E-state index in [9.17, 15) is 4.79 Å². The average molecular weight is 300 g/mol. The number of aromatic nitrogens is 4. The van der Waals surface area contributed by atoms with Gasteiger partial charge >= 0.3 is 6.03 Å². The summed E-state index contributed by atoms with van der Waals surface area (Å²) < 4.78 is 1.81. The van der Waals surface area contributed by atoms with E-state index in [1.165, 1.54) is 11.3 Å². The van der Waals surface area contributed by atoms with Gasteiger partial charge in [0.25, 0.3) is 0 Å². The largest absolute Gasteiger partial charge is 0.334 e. The van der Waals surface area contributed by atoms with Crippen LogP contribution in [0, 0.1) is 0 Å². The Kier molecular flexibility index (Phi) is 3.88. The number of nitrogens with one attached hydrogen (secondary N) is 2. The fourth-order valence-corrected chi connectivity index (χ4v) is 2.20. The first kappa shape index (κ1) is 13.3. The van der Waals surface area contributed by atoms with Crippen molar-refractivity contribution in [2.45, 2.75) is 6.54 Å². The zero-order chi connectivity index (χ0) is 14.5. The van der Waals surface area contributed by atoms with Crippen LogP contribution in [-0.4, -0.2) is 25.6 Å². The Morgan fingerprint density at radius 3 is 2.90 bits per heavy atom. The van der Waals surface area contributed by atoms with Gasteiger partial charge in [-0.1, -0.05) is 6.07 Å². The second kappa shape index (κ2) is 6.14. The summed E-state index contributed by atoms with van der Waals surface area (Å²) in [7, 11) is 0. The molecule has 0 saturated carbocycles. The number of thiazole rings is 1. The molecule has 21 heavy (non-hydrogen) atoms. The minimum atomic E-state index is -0.288. The van der Waals surface area contributed by atoms with Crippen LogP contribution in [0.15, 0.2) is 48.6 Å². The Bertz CT molecular complexity index is 693. The first-order chi connectivity index (χ1) is 10.3. The van der Waals surface area contributed by atoms with E-state index in [1.54, 1.807) is 30.3 Å². The lowest BCUT2D eigenvalue weighted by Crippen LogP contribution is -2.28. The summed E-state index contributed by atoms with van der Waals surface area (Å²) in [4.78, 5) is 23.9. The molecule has 3 rings (SSSR count). The standard InChI is InChI=1S/C13H12N6OS/c20-12(18-13-15-4-6-21-13)17-8-10-1-2-11(16-7-10)19-5-3-14-9-19/h1-7,9H,8H2,(H2,15,17,18,20). The Hall–Kier alpha value is -2.74. The Labute approximate surface area is 124 Å². The predicted octanol–water partition coefficient (Wildman–Crippen LogP) is 2.05. The number of amides is 2. The van der Waals surface area contributed by atoms with Crippen molar-refractivity contribution in [2.24, 2.45) is 0 Å². The van der Waals surface area contributed by atoms with Crippen LogP contribution in [-0.2, 0) is 6.54 Å². The maximum Gasteiger partial charge on any atom is 0.321 e. The van der Waals surface area contributed by atoms with Crippen LogP contribution in [0.2, 0.25) is 0 Å². The third kappa shape index (κ3) is 3.42. The number of pyridine rings is 1. The Morgan fingerprint density at radius 1 is 1.29 bits per heavy atom. The van der Waals surface area contributed by atoms with E-state index < -0.39 is 0 Å². The van der Waals surface area contributed by atoms with Gasteiger partial charge in [0.2, 0.25) is 0 Å². The highest BCUT2D eigenvalue weighted by Gasteiger charge is 2.04. The topological polar surface area (TPSA) is 84.7 Å². The highest BCUT2D eigenvalue weighted by atomic mass is 32.1. The number of carbonyl (C=O) groups is 1. The third-order valence-corrected chi connectivity index (χ3v) is 3.37. The molecule has 0 saturated heterocycles. The summed E-state index contributed by atoms with van der Waals surface area (Å²) in [6.07, 6.45) is 8.56. The van der Waals surface area contributed by atoms with Crippen LogP contribution in [0.5, 0.6) is 0 Å². The molecule has 106 valence electrons. The highest BCUT2D eigenvalue weighted by molar-refractivity contribution is 7.13. The monoisotopic (exact) mass is 300 g/mol. The third-order valence-electron chi connectivity index (χ3n) is 2.68. The molecule has 0 radical (unpaired) electrons. The van der Waals surface area contributed by atoms with E-state index in [2.05, 4.69) is 25.6 Å². The van der Waals surface area contributed by atoms with Crippen LogP contribution in [0.3, 0.4) is 0 Å². The van der Waals surface area contributed by atoms with Gasteiger partial charge in [-0.05, 0) is 11.6 Å². The molecule has 0 atom stereocenters. The molecule has 7 nitrogen and oxygen atoms in total. The van der Waals surface area contributed by atoms with Crippen molar-refractivity contribution in [1.82, 2.24) is 24.8 Å². The quantitative estimate of drug-likeness (QED) is 0.772. The van der Waals surface area contributed by atoms with Gasteiger partial charge in [-0.3, -0.25) is 9.88 Å². The molecule has 0 bridgehead atoms. The van der Waals surface area contributed by atoms with Gasteiger partial charge in [0.15, 0.2) is 5.13 Å². The molecule has 8 heteroatoms. The number of hydrogen-bond donors (Lipinski definition) is 2. The SMILES string of the molecule is O=C(NCc1ccc(-n2ccnc2)nc1)Nc1nccs1. The summed E-state index contributed by atoms with van der Waals surface area (Å²) in [5.74, 6) is 0.781. The molecule has 3 heterocycles. The van der Waals surface area contributed by atoms with E-state index in [1.807, 2.05) is 22.9 Å². The summed E-state index contributed by atoms with van der Waals surface area (Å²) in [6, 6.07) is 3.49. The number of anilines is 1. The Balaban J connectivity index is 1.55. The molecule has 2 N–H and O–H groups in total. The van der Waals surface area contributed by atoms with Crippen LogP contribution in [0.25, 0.3) is 5.82 Å². The van der Waals surface area contributed by atoms with Gasteiger partial charge < -0.3 is 5.32 Å². The van der Waals surface area contributed by atoms with E-state index in [0.29, 0.717) is 11.7 Å². The number of imidazole rings is 1. The smallest absolute Gasteiger partial charge is 0.321 e. The van der Waals surface area contributed by atoms with Gasteiger partial charge in [0, 0.05) is 36.7 Å². The molecule has 0 unspecified atom stereocenters. The van der Waals surface area contributed by atoms with Crippen molar-refractivity contribution < 1.29 is 4.79 Å². The zero-order valence-electron chi connectivity index (χ0n) is 10.9. The maximum atomic E-state index is 11.6. The lowest BCUT2D eigenvalue weighted by Gasteiger charge is -2.06. The van der Waals surface area contributed by atoms with Crippen LogP contribution >= 0.6 is 11.3 Å². The number of urea groups is 1. The van der Waals surface area contributed by atoms with Crippen molar-refractivity contribution in [3.8, 4) is 5.82 Å². The maximum absolute atomic E-state index is 11.6. The molecular weight excluding hydrogens is 288 g/mol. The lowest BCUT2D eigenvalue weighted by atomic mass is 10.3. The molecule has 0 aliphatic rings. The molecule has 0 aliphatic heterocycles. The zero-order valence-corrected chi connectivity index (χ0v) is 11.7. The summed E-state index contributed by atoms with van der Waals surface area (Å²) in [5.41, 5.74) is 0.910. The number of carbonyl (C=O) groups excluding carboxylic acids is 1. The first-order valence-corrected chi connectivity index (χ1v) is 7.07. The van der Waals surface area contributed by atoms with Gasteiger partial charge in [0.05, 0.1) is 0 Å². The van der Waals surface area contributed by atoms with Crippen molar-refractivity contribution in [3.63, 3.8) is 0 Å². The Morgan fingerprint density at radius 2 is 2.24 bits per heavy atom. The molecule has 0 aliphatic carbocycles. The molecule has 0 spiro atoms. The molecule has 3 aromatic heterocycles. The lowest BCUT2D eigenvalue weighted by molar-refractivity contribution is 0.251. The van der Waals surface area contributed by atoms with Crippen molar-refractivity contribution in [1.29, 1.82) is 0 Å². The van der Waals surface area contributed by atoms with Gasteiger partial charge in [-0.25, -0.2) is 19.7 Å². The van der Waals surface area contributed by atoms with Crippen LogP contribution in [0.4, 0.5) is 9.93 Å². The molecule has 0 aromatic carbocycles. The van der Waals surface area contributed by atoms with Gasteiger partial charge in [-0.2, -0.15) is 0 Å². The average Bonchev–Trinajstić information content (AvgIpc) is 3.19. The summed E-state index contributed by atoms with van der Waals surface area (Å²) in [6.45, 7) is 0.397. The summed E-state index contributed by atoms with van der Waals surface area (Å²) in [5, 5.41) is 7.77. The van der Waals surface area contributed by atoms with E-state index in [0.717, 1.165) is 11.4 Å². The highest BCUT2D eigenvalue weighted by Crippen LogP contribution is 2.10. The molecule has 3 aromatic rings. The fourth-order valence-electron chi connectivity index (χ4n) is 1.68. The fraction of sp³-hybridized carbons (Fsp3) is 0.0769. The number of nitrogens with zero attached hydrogens (tertiary/aromatic N) is 4. The normalized spacial score (nSPS) is 10.3. The first-order valence-electron chi connectivity index (χ1n) is 6.19. The minimum absolute atomic E-state index is 0.288. The second-order valence-corrected chi connectivity index (χ2v) is 5.03. The van der Waals surface area contributed by atoms with Crippen molar-refractivity contribution in [3.05, 3.63) is 54.2 Å². The summed E-state index contributed by atoms with van der Waals surface area (Å²) >= 11 is 1.37. The second-order valence-electron chi connectivity index (χ2n) is 4.14. The molecule has 0 fully saturated rings. The molecule has 2 amide bonds. The van der Waals surface area contributed by atoms with Crippen molar-refractivity contribution >= 4 is 22.5 Å². The number of rotatable bonds is 4. The van der Waals surface area contributed by atoms with Crippen LogP contribution in [0.1, 0.15) is 5.56 Å². The van der Waals surface area contributed by atoms with E-state index in [4.69, 9.17) is 0 Å². The molecular formula is C13H12N6OS.